The predicted molar refractivity (Wildman–Crippen MR) is 183 cm³/mol. The van der Waals surface area contributed by atoms with Crippen molar-refractivity contribution in [2.75, 3.05) is 19.1 Å². The van der Waals surface area contributed by atoms with E-state index in [1.807, 2.05) is 0 Å². The summed E-state index contributed by atoms with van der Waals surface area (Å²) in [5.74, 6) is -3.29. The van der Waals surface area contributed by atoms with Gasteiger partial charge in [-0.15, -0.1) is 0 Å². The quantitative estimate of drug-likeness (QED) is 0.0814. The van der Waals surface area contributed by atoms with E-state index >= 15 is 0 Å². The first-order valence-corrected chi connectivity index (χ1v) is 18.1. The Kier molecular flexibility index (Phi) is 12.2. The molecule has 3 aromatic rings. The Morgan fingerprint density at radius 2 is 1.80 bits per heavy atom. The summed E-state index contributed by atoms with van der Waals surface area (Å²) in [5, 5.41) is 23.0. The van der Waals surface area contributed by atoms with Gasteiger partial charge in [0.25, 0.3) is 11.8 Å². The Morgan fingerprint density at radius 3 is 2.53 bits per heavy atom. The molecule has 1 unspecified atom stereocenters. The normalized spacial score (nSPS) is 20.8. The lowest BCUT2D eigenvalue weighted by Crippen LogP contribution is -2.59. The topological polar surface area (TPSA) is 194 Å². The summed E-state index contributed by atoms with van der Waals surface area (Å²) in [5.41, 5.74) is 13.8. The first-order chi connectivity index (χ1) is 23.6. The van der Waals surface area contributed by atoms with Gasteiger partial charge in [-0.05, 0) is 58.8 Å². The van der Waals surface area contributed by atoms with E-state index in [1.165, 1.54) is 6.07 Å². The number of aliphatic hydroxyl groups excluding tert-OH is 2. The number of sulfonamides is 1. The molecule has 4 N–H and O–H groups in total. The fourth-order valence-corrected chi connectivity index (χ4v) is 8.22. The van der Waals surface area contributed by atoms with E-state index in [-0.39, 0.29) is 30.4 Å². The molecule has 0 spiro atoms. The van der Waals surface area contributed by atoms with Crippen LogP contribution in [0.25, 0.3) is 10.4 Å². The van der Waals surface area contributed by atoms with Crippen LogP contribution in [0.2, 0.25) is 10.0 Å². The van der Waals surface area contributed by atoms with Crippen molar-refractivity contribution >= 4 is 45.0 Å². The summed E-state index contributed by atoms with van der Waals surface area (Å²) < 4.78 is 28.4. The highest BCUT2D eigenvalue weighted by molar-refractivity contribution is 7.89. The third-order valence-corrected chi connectivity index (χ3v) is 10.6. The Bertz CT molecular complexity index is 1840. The van der Waals surface area contributed by atoms with Gasteiger partial charge in [-0.25, -0.2) is 18.6 Å². The number of azide groups is 1. The van der Waals surface area contributed by atoms with Gasteiger partial charge in [0.2, 0.25) is 10.0 Å². The van der Waals surface area contributed by atoms with Crippen LogP contribution in [0.15, 0.2) is 71.8 Å². The van der Waals surface area contributed by atoms with Crippen molar-refractivity contribution in [2.45, 2.75) is 62.3 Å². The largest absolute Gasteiger partial charge is 0.396 e. The first kappa shape index (κ1) is 36.6. The Labute approximate surface area is 293 Å². The molecule has 1 heterocycles. The minimum Gasteiger partial charge on any atom is -0.396 e. The molecule has 4 atom stereocenters. The number of aliphatic hydroxyl groups is 2. The van der Waals surface area contributed by atoms with Crippen LogP contribution in [-0.2, 0) is 26.3 Å². The van der Waals surface area contributed by atoms with Crippen LogP contribution in [0.1, 0.15) is 76.2 Å². The summed E-state index contributed by atoms with van der Waals surface area (Å²) in [4.78, 5) is 38.6. The molecule has 1 fully saturated rings. The van der Waals surface area contributed by atoms with Crippen molar-refractivity contribution in [3.05, 3.63) is 115 Å². The van der Waals surface area contributed by atoms with Gasteiger partial charge in [0.05, 0.1) is 31.8 Å². The van der Waals surface area contributed by atoms with Crippen LogP contribution >= 0.6 is 23.2 Å². The average molecular weight is 732 g/mol. The maximum Gasteiger partial charge on any atom is 0.255 e. The molecule has 260 valence electrons. The molecule has 16 heteroatoms. The third-order valence-electron chi connectivity index (χ3n) is 8.92. The van der Waals surface area contributed by atoms with Crippen molar-refractivity contribution in [1.82, 2.24) is 15.1 Å². The Morgan fingerprint density at radius 1 is 1.04 bits per heavy atom. The number of fused-ring (bicyclic) bond motifs is 1. The number of benzene rings is 3. The summed E-state index contributed by atoms with van der Waals surface area (Å²) in [6.45, 7) is -0.511. The van der Waals surface area contributed by atoms with Crippen molar-refractivity contribution < 1.29 is 33.1 Å². The summed E-state index contributed by atoms with van der Waals surface area (Å²) >= 11 is 13.0. The highest BCUT2D eigenvalue weighted by Crippen LogP contribution is 2.48. The molecule has 0 radical (unpaired) electrons. The molecule has 0 saturated heterocycles. The zero-order valence-electron chi connectivity index (χ0n) is 26.3. The van der Waals surface area contributed by atoms with Crippen molar-refractivity contribution in [1.29, 1.82) is 0 Å². The van der Waals surface area contributed by atoms with Gasteiger partial charge in [-0.2, -0.15) is 0 Å². The van der Waals surface area contributed by atoms with Gasteiger partial charge in [-0.1, -0.05) is 89.7 Å². The molecule has 3 aromatic carbocycles. The number of carbonyl (C=O) groups is 2. The smallest absolute Gasteiger partial charge is 0.255 e. The van der Waals surface area contributed by atoms with Crippen LogP contribution in [0, 0.1) is 0 Å². The number of hydrogen-bond acceptors (Lipinski definition) is 8. The minimum atomic E-state index is -4.05. The predicted octanol–water partition coefficient (Wildman–Crippen LogP) is 5.09. The molecule has 0 aromatic heterocycles. The lowest BCUT2D eigenvalue weighted by molar-refractivity contribution is -0.138. The Balaban J connectivity index is 1.53. The van der Waals surface area contributed by atoms with Crippen molar-refractivity contribution in [2.24, 2.45) is 5.11 Å². The van der Waals surface area contributed by atoms with E-state index in [9.17, 15) is 28.2 Å². The molecule has 49 heavy (non-hydrogen) atoms. The number of rotatable bonds is 13. The zero-order valence-corrected chi connectivity index (χ0v) is 28.6. The molecular weight excluding hydrogens is 695 g/mol. The molecule has 1 aliphatic heterocycles. The SMILES string of the molecule is [N-]=[N+]=NCS(=O)(=O)N[C@H]1CCCCC1N1C(=O)c2ccccc2[C@@H](C(=O)NOCc2cccc(C(CO)CO)c2)[C@@H]1c1ccc(Cl)cc1Cl. The van der Waals surface area contributed by atoms with Crippen LogP contribution < -0.4 is 10.2 Å². The molecule has 2 amide bonds. The second-order valence-electron chi connectivity index (χ2n) is 12.0. The highest BCUT2D eigenvalue weighted by Gasteiger charge is 2.49. The average Bonchev–Trinajstić information content (AvgIpc) is 3.08. The standard InChI is InChI=1S/C33H36Cl2N6O7S/c34-23-12-13-26(27(35)15-23)31-30(32(44)38-48-18-20-6-5-7-21(14-20)22(16-42)17-43)24-8-1-2-9-25(24)33(45)41(31)29-11-4-3-10-28(29)39-49(46,47)19-37-40-36/h1-2,5-9,12-15,22,28-31,39,42-43H,3-4,10-11,16-19H2,(H,38,44)/t28-,29?,30+,31-/m0/s1. The van der Waals surface area contributed by atoms with Crippen LogP contribution in [0.3, 0.4) is 0 Å². The molecule has 5 rings (SSSR count). The van der Waals surface area contributed by atoms with Crippen LogP contribution in [-0.4, -0.2) is 66.5 Å². The molecule has 13 nitrogen and oxygen atoms in total. The lowest BCUT2D eigenvalue weighted by Gasteiger charge is -2.49. The number of carbonyl (C=O) groups excluding carboxylic acids is 2. The summed E-state index contributed by atoms with van der Waals surface area (Å²) in [7, 11) is -4.05. The molecule has 2 aliphatic rings. The Hall–Kier alpha value is -3.72. The fraction of sp³-hybridized carbons (Fsp3) is 0.394. The van der Waals surface area contributed by atoms with Crippen LogP contribution in [0.5, 0.6) is 0 Å². The van der Waals surface area contributed by atoms with E-state index in [4.69, 9.17) is 33.6 Å². The van der Waals surface area contributed by atoms with E-state index in [0.717, 1.165) is 0 Å². The number of hydroxylamine groups is 1. The fourth-order valence-electron chi connectivity index (χ4n) is 6.68. The van der Waals surface area contributed by atoms with Gasteiger partial charge in [0, 0.05) is 38.5 Å². The maximum atomic E-state index is 14.5. The first-order valence-electron chi connectivity index (χ1n) is 15.7. The van der Waals surface area contributed by atoms with Gasteiger partial charge in [0.1, 0.15) is 5.88 Å². The summed E-state index contributed by atoms with van der Waals surface area (Å²) in [6, 6.07) is 16.2. The van der Waals surface area contributed by atoms with Crippen molar-refractivity contribution in [3.63, 3.8) is 0 Å². The second-order valence-corrected chi connectivity index (χ2v) is 14.6. The number of nitrogens with zero attached hydrogens (tertiary/aromatic N) is 4. The van der Waals surface area contributed by atoms with Gasteiger partial charge in [-0.3, -0.25) is 14.4 Å². The molecule has 1 aliphatic carbocycles. The van der Waals surface area contributed by atoms with Gasteiger partial charge < -0.3 is 15.1 Å². The number of hydrogen-bond donors (Lipinski definition) is 4. The van der Waals surface area contributed by atoms with Gasteiger partial charge >= 0.3 is 0 Å². The number of amides is 2. The second kappa shape index (κ2) is 16.3. The van der Waals surface area contributed by atoms with E-state index < -0.39 is 57.7 Å². The highest BCUT2D eigenvalue weighted by atomic mass is 35.5. The summed E-state index contributed by atoms with van der Waals surface area (Å²) in [6.07, 6.45) is 2.21. The third kappa shape index (κ3) is 8.36. The maximum absolute atomic E-state index is 14.5. The zero-order chi connectivity index (χ0) is 35.1. The van der Waals surface area contributed by atoms with E-state index in [1.54, 1.807) is 65.6 Å². The van der Waals surface area contributed by atoms with E-state index in [0.29, 0.717) is 53.0 Å². The van der Waals surface area contributed by atoms with Crippen LogP contribution in [0.4, 0.5) is 0 Å². The number of halogens is 2. The van der Waals surface area contributed by atoms with Crippen molar-refractivity contribution in [3.8, 4) is 0 Å². The molecule has 0 bridgehead atoms. The lowest BCUT2D eigenvalue weighted by atomic mass is 9.76. The number of nitrogens with one attached hydrogen (secondary N) is 2. The molecular formula is C33H36Cl2N6O7S. The van der Waals surface area contributed by atoms with E-state index in [2.05, 4.69) is 20.2 Å². The molecule has 1 saturated carbocycles. The minimum absolute atomic E-state index is 0.0375. The monoisotopic (exact) mass is 730 g/mol. The van der Waals surface area contributed by atoms with Gasteiger partial charge in [0.15, 0.2) is 0 Å².